The summed E-state index contributed by atoms with van der Waals surface area (Å²) in [7, 11) is 0. The zero-order valence-corrected chi connectivity index (χ0v) is 16.8. The van der Waals surface area contributed by atoms with Crippen molar-refractivity contribution in [3.05, 3.63) is 99.9 Å². The van der Waals surface area contributed by atoms with Crippen LogP contribution in [0.5, 0.6) is 5.75 Å². The number of rotatable bonds is 7. The van der Waals surface area contributed by atoms with E-state index in [2.05, 4.69) is 34.1 Å². The predicted molar refractivity (Wildman–Crippen MR) is 113 cm³/mol. The fourth-order valence-electron chi connectivity index (χ4n) is 3.54. The van der Waals surface area contributed by atoms with Gasteiger partial charge in [-0.2, -0.15) is 0 Å². The van der Waals surface area contributed by atoms with Gasteiger partial charge >= 0.3 is 0 Å². The quantitative estimate of drug-likeness (QED) is 0.597. The van der Waals surface area contributed by atoms with Gasteiger partial charge in [-0.05, 0) is 23.3 Å². The fourth-order valence-corrected chi connectivity index (χ4v) is 3.54. The summed E-state index contributed by atoms with van der Waals surface area (Å²) in [6.07, 6.45) is 1.37. The molecule has 4 rings (SSSR count). The van der Waals surface area contributed by atoms with Crippen molar-refractivity contribution in [2.24, 2.45) is 0 Å². The Labute approximate surface area is 175 Å². The summed E-state index contributed by atoms with van der Waals surface area (Å²) in [6.45, 7) is 5.58. The predicted octanol–water partition coefficient (Wildman–Crippen LogP) is 3.68. The van der Waals surface area contributed by atoms with Gasteiger partial charge in [0, 0.05) is 38.8 Å². The van der Waals surface area contributed by atoms with E-state index in [-0.39, 0.29) is 23.6 Å². The van der Waals surface area contributed by atoms with Crippen LogP contribution in [0.4, 0.5) is 4.39 Å². The number of ether oxygens (including phenoxy) is 1. The third-order valence-corrected chi connectivity index (χ3v) is 5.25. The number of halogens is 1. The molecule has 5 nitrogen and oxygen atoms in total. The first-order valence-corrected chi connectivity index (χ1v) is 10.1. The van der Waals surface area contributed by atoms with Crippen molar-refractivity contribution in [3.63, 3.8) is 0 Å². The maximum Gasteiger partial charge on any atom is 0.227 e. The lowest BCUT2D eigenvalue weighted by Crippen LogP contribution is -2.45. The molecule has 30 heavy (non-hydrogen) atoms. The van der Waals surface area contributed by atoms with E-state index in [1.54, 1.807) is 12.1 Å². The molecular weight excluding hydrogens is 383 g/mol. The lowest BCUT2D eigenvalue weighted by atomic mass is 10.2. The second-order valence-electron chi connectivity index (χ2n) is 7.53. The molecule has 6 heteroatoms. The molecule has 0 radical (unpaired) electrons. The van der Waals surface area contributed by atoms with Gasteiger partial charge in [-0.3, -0.25) is 14.6 Å². The summed E-state index contributed by atoms with van der Waals surface area (Å²) in [5, 5.41) is 0. The summed E-state index contributed by atoms with van der Waals surface area (Å²) in [4.78, 5) is 17.1. The highest BCUT2D eigenvalue weighted by molar-refractivity contribution is 5.20. The molecule has 0 N–H and O–H groups in total. The SMILES string of the molecule is O=c1cc(CN2CCN(Cc3ccccc3)CC2)occ1OCc1ccc(F)cc1. The number of piperazine rings is 1. The summed E-state index contributed by atoms with van der Waals surface area (Å²) >= 11 is 0. The van der Waals surface area contributed by atoms with Gasteiger partial charge in [0.15, 0.2) is 0 Å². The molecule has 1 aliphatic heterocycles. The molecule has 0 atom stereocenters. The van der Waals surface area contributed by atoms with Crippen LogP contribution in [0, 0.1) is 5.82 Å². The first-order valence-electron chi connectivity index (χ1n) is 10.1. The minimum absolute atomic E-state index is 0.163. The molecule has 1 fully saturated rings. The van der Waals surface area contributed by atoms with E-state index in [4.69, 9.17) is 9.15 Å². The van der Waals surface area contributed by atoms with E-state index >= 15 is 0 Å². The normalized spacial score (nSPS) is 15.2. The minimum atomic E-state index is -0.302. The average molecular weight is 408 g/mol. The molecule has 1 aliphatic rings. The van der Waals surface area contributed by atoms with Crippen molar-refractivity contribution in [2.45, 2.75) is 19.7 Å². The third-order valence-electron chi connectivity index (χ3n) is 5.25. The maximum atomic E-state index is 13.0. The van der Waals surface area contributed by atoms with Crippen LogP contribution in [0.1, 0.15) is 16.9 Å². The van der Waals surface area contributed by atoms with Crippen LogP contribution in [-0.2, 0) is 19.7 Å². The van der Waals surface area contributed by atoms with Crippen LogP contribution in [0.15, 0.2) is 76.1 Å². The van der Waals surface area contributed by atoms with Crippen molar-refractivity contribution < 1.29 is 13.5 Å². The minimum Gasteiger partial charge on any atom is -0.482 e. The lowest BCUT2D eigenvalue weighted by molar-refractivity contribution is 0.115. The Morgan fingerprint density at radius 2 is 1.53 bits per heavy atom. The number of hydrogen-bond acceptors (Lipinski definition) is 5. The summed E-state index contributed by atoms with van der Waals surface area (Å²) < 4.78 is 24.1. The van der Waals surface area contributed by atoms with Gasteiger partial charge in [0.2, 0.25) is 11.2 Å². The molecule has 3 aromatic rings. The zero-order valence-electron chi connectivity index (χ0n) is 16.8. The van der Waals surface area contributed by atoms with Gasteiger partial charge in [0.1, 0.15) is 24.4 Å². The maximum absolute atomic E-state index is 13.0. The molecule has 1 aromatic heterocycles. The largest absolute Gasteiger partial charge is 0.482 e. The molecule has 0 aliphatic carbocycles. The number of benzene rings is 2. The van der Waals surface area contributed by atoms with E-state index < -0.39 is 0 Å². The van der Waals surface area contributed by atoms with Crippen LogP contribution >= 0.6 is 0 Å². The molecule has 1 saturated heterocycles. The van der Waals surface area contributed by atoms with Crippen LogP contribution in [0.25, 0.3) is 0 Å². The Morgan fingerprint density at radius 1 is 0.867 bits per heavy atom. The molecule has 0 unspecified atom stereocenters. The highest BCUT2D eigenvalue weighted by Gasteiger charge is 2.18. The van der Waals surface area contributed by atoms with Crippen LogP contribution in [0.3, 0.4) is 0 Å². The zero-order chi connectivity index (χ0) is 20.8. The highest BCUT2D eigenvalue weighted by atomic mass is 19.1. The molecule has 156 valence electrons. The van der Waals surface area contributed by atoms with Gasteiger partial charge in [-0.1, -0.05) is 42.5 Å². The van der Waals surface area contributed by atoms with Gasteiger partial charge in [-0.15, -0.1) is 0 Å². The molecule has 0 amide bonds. The second kappa shape index (κ2) is 9.69. The van der Waals surface area contributed by atoms with Crippen LogP contribution in [0.2, 0.25) is 0 Å². The van der Waals surface area contributed by atoms with E-state index in [0.29, 0.717) is 12.3 Å². The molecular formula is C24H25FN2O3. The Balaban J connectivity index is 1.26. The molecule has 0 spiro atoms. The van der Waals surface area contributed by atoms with E-state index in [1.807, 2.05) is 6.07 Å². The average Bonchev–Trinajstić information content (AvgIpc) is 2.76. The first kappa shape index (κ1) is 20.3. The molecule has 0 bridgehead atoms. The Morgan fingerprint density at radius 3 is 2.20 bits per heavy atom. The first-order chi connectivity index (χ1) is 14.7. The topological polar surface area (TPSA) is 45.9 Å². The van der Waals surface area contributed by atoms with Crippen LogP contribution < -0.4 is 10.2 Å². The van der Waals surface area contributed by atoms with Crippen molar-refractivity contribution in [1.82, 2.24) is 9.80 Å². The molecule has 0 saturated carbocycles. The summed E-state index contributed by atoms with van der Waals surface area (Å²) in [5.74, 6) is 0.491. The summed E-state index contributed by atoms with van der Waals surface area (Å²) in [5.41, 5.74) is 1.91. The van der Waals surface area contributed by atoms with Crippen molar-refractivity contribution >= 4 is 0 Å². The summed E-state index contributed by atoms with van der Waals surface area (Å²) in [6, 6.07) is 18.0. The standard InChI is InChI=1S/C24H25FN2O3/c25-21-8-6-20(7-9-21)17-30-24-18-29-22(14-23(24)28)16-27-12-10-26(11-13-27)15-19-4-2-1-3-5-19/h1-9,14,18H,10-13,15-17H2. The Bertz CT molecular complexity index is 997. The lowest BCUT2D eigenvalue weighted by Gasteiger charge is -2.34. The third kappa shape index (κ3) is 5.55. The Hall–Kier alpha value is -2.96. The van der Waals surface area contributed by atoms with E-state index in [9.17, 15) is 9.18 Å². The van der Waals surface area contributed by atoms with Crippen molar-refractivity contribution in [1.29, 1.82) is 0 Å². The fraction of sp³-hybridized carbons (Fsp3) is 0.292. The molecule has 2 heterocycles. The van der Waals surface area contributed by atoms with Gasteiger partial charge in [0.05, 0.1) is 6.54 Å². The van der Waals surface area contributed by atoms with Gasteiger partial charge in [0.25, 0.3) is 0 Å². The van der Waals surface area contributed by atoms with Crippen LogP contribution in [-0.4, -0.2) is 36.0 Å². The molecule has 2 aromatic carbocycles. The smallest absolute Gasteiger partial charge is 0.227 e. The monoisotopic (exact) mass is 408 g/mol. The van der Waals surface area contributed by atoms with E-state index in [0.717, 1.165) is 38.3 Å². The van der Waals surface area contributed by atoms with E-state index in [1.165, 1.54) is 30.0 Å². The Kier molecular flexibility index (Phi) is 6.57. The van der Waals surface area contributed by atoms with Crippen molar-refractivity contribution in [2.75, 3.05) is 26.2 Å². The van der Waals surface area contributed by atoms with Gasteiger partial charge < -0.3 is 9.15 Å². The number of nitrogens with zero attached hydrogens (tertiary/aromatic N) is 2. The number of hydrogen-bond donors (Lipinski definition) is 0. The van der Waals surface area contributed by atoms with Gasteiger partial charge in [-0.25, -0.2) is 4.39 Å². The highest BCUT2D eigenvalue weighted by Crippen LogP contribution is 2.14. The second-order valence-corrected chi connectivity index (χ2v) is 7.53. The van der Waals surface area contributed by atoms with Crippen molar-refractivity contribution in [3.8, 4) is 5.75 Å².